The van der Waals surface area contributed by atoms with Crippen LogP contribution in [0, 0.1) is 0 Å². The predicted molar refractivity (Wildman–Crippen MR) is 123 cm³/mol. The Bertz CT molecular complexity index is 1050. The highest BCUT2D eigenvalue weighted by atomic mass is 16.5. The number of piperazine rings is 1. The molecule has 1 heterocycles. The molecule has 0 radical (unpaired) electrons. The van der Waals surface area contributed by atoms with Crippen molar-refractivity contribution in [3.63, 3.8) is 0 Å². The molecule has 1 atom stereocenters. The van der Waals surface area contributed by atoms with Gasteiger partial charge < -0.3 is 24.7 Å². The lowest BCUT2D eigenvalue weighted by Gasteiger charge is -2.47. The summed E-state index contributed by atoms with van der Waals surface area (Å²) < 4.78 is 5.52. The number of methoxy groups -OCH3 is 1. The van der Waals surface area contributed by atoms with E-state index in [1.54, 1.807) is 36.4 Å². The average Bonchev–Trinajstić information content (AvgIpc) is 2.78. The van der Waals surface area contributed by atoms with Crippen LogP contribution in [0.2, 0.25) is 0 Å². The highest BCUT2D eigenvalue weighted by Crippen LogP contribution is 2.34. The van der Waals surface area contributed by atoms with E-state index < -0.39 is 23.5 Å². The molecule has 1 saturated heterocycles. The molecule has 0 bridgehead atoms. The third-order valence-corrected chi connectivity index (χ3v) is 6.07. The van der Waals surface area contributed by atoms with Gasteiger partial charge in [-0.25, -0.2) is 9.59 Å². The first kappa shape index (κ1) is 24.1. The van der Waals surface area contributed by atoms with E-state index in [2.05, 4.69) is 0 Å². The van der Waals surface area contributed by atoms with Crippen LogP contribution in [0.1, 0.15) is 42.3 Å². The third-order valence-electron chi connectivity index (χ3n) is 6.07. The van der Waals surface area contributed by atoms with Crippen LogP contribution < -0.4 is 4.74 Å². The molecule has 33 heavy (non-hydrogen) atoms. The Kier molecular flexibility index (Phi) is 6.67. The van der Waals surface area contributed by atoms with Gasteiger partial charge in [0.15, 0.2) is 5.54 Å². The van der Waals surface area contributed by atoms with Crippen molar-refractivity contribution >= 4 is 18.0 Å². The lowest BCUT2D eigenvalue weighted by atomic mass is 9.84. The minimum absolute atomic E-state index is 0.0180. The number of rotatable bonds is 5. The second-order valence-electron chi connectivity index (χ2n) is 9.33. The number of carbonyl (C=O) groups is 3. The summed E-state index contributed by atoms with van der Waals surface area (Å²) in [6, 6.07) is 14.0. The highest BCUT2D eigenvalue weighted by molar-refractivity contribution is 5.99. The first-order valence-corrected chi connectivity index (χ1v) is 10.8. The average molecular weight is 455 g/mol. The van der Waals surface area contributed by atoms with Crippen molar-refractivity contribution in [1.82, 2.24) is 9.80 Å². The van der Waals surface area contributed by atoms with Crippen molar-refractivity contribution < 1.29 is 29.3 Å². The molecule has 1 fully saturated rings. The highest BCUT2D eigenvalue weighted by Gasteiger charge is 2.51. The molecule has 1 unspecified atom stereocenters. The van der Waals surface area contributed by atoms with E-state index in [1.165, 1.54) is 12.0 Å². The summed E-state index contributed by atoms with van der Waals surface area (Å²) >= 11 is 0. The van der Waals surface area contributed by atoms with Gasteiger partial charge in [-0.05, 0) is 28.7 Å². The van der Waals surface area contributed by atoms with E-state index in [-0.39, 0.29) is 31.5 Å². The zero-order chi connectivity index (χ0) is 24.4. The Hall–Kier alpha value is -3.55. The van der Waals surface area contributed by atoms with Crippen molar-refractivity contribution in [3.05, 3.63) is 65.2 Å². The van der Waals surface area contributed by atoms with Crippen molar-refractivity contribution in [2.75, 3.05) is 26.7 Å². The molecule has 2 N–H and O–H groups in total. The van der Waals surface area contributed by atoms with Gasteiger partial charge in [-0.15, -0.1) is 0 Å². The fourth-order valence-corrected chi connectivity index (χ4v) is 4.32. The van der Waals surface area contributed by atoms with Crippen LogP contribution in [0.15, 0.2) is 48.5 Å². The lowest BCUT2D eigenvalue weighted by Crippen LogP contribution is -2.69. The molecule has 1 aliphatic heterocycles. The van der Waals surface area contributed by atoms with E-state index in [0.717, 1.165) is 10.5 Å². The molecule has 0 saturated carbocycles. The number of carboxylic acid groups (broad SMARTS) is 2. The van der Waals surface area contributed by atoms with Gasteiger partial charge in [0.1, 0.15) is 5.75 Å². The number of benzene rings is 2. The smallest absolute Gasteiger partial charge is 0.407 e. The van der Waals surface area contributed by atoms with Crippen LogP contribution in [0.4, 0.5) is 4.79 Å². The van der Waals surface area contributed by atoms with Crippen molar-refractivity contribution in [1.29, 1.82) is 0 Å². The van der Waals surface area contributed by atoms with Gasteiger partial charge in [-0.2, -0.15) is 0 Å². The number of ether oxygens (including phenoxy) is 1. The van der Waals surface area contributed by atoms with E-state index in [9.17, 15) is 24.6 Å². The lowest BCUT2D eigenvalue weighted by molar-refractivity contribution is -0.153. The summed E-state index contributed by atoms with van der Waals surface area (Å²) in [5.74, 6) is -1.18. The molecule has 8 heteroatoms. The predicted octanol–water partition coefficient (Wildman–Crippen LogP) is 3.49. The Labute approximate surface area is 193 Å². The van der Waals surface area contributed by atoms with Gasteiger partial charge in [0.05, 0.1) is 13.7 Å². The van der Waals surface area contributed by atoms with E-state index >= 15 is 0 Å². The van der Waals surface area contributed by atoms with Crippen LogP contribution in [0.5, 0.6) is 5.75 Å². The molecule has 0 aromatic heterocycles. The van der Waals surface area contributed by atoms with E-state index in [1.807, 2.05) is 32.9 Å². The molecule has 2 aromatic rings. The maximum Gasteiger partial charge on any atom is 0.407 e. The zero-order valence-corrected chi connectivity index (χ0v) is 19.4. The van der Waals surface area contributed by atoms with Gasteiger partial charge in [0.2, 0.25) is 0 Å². The Morgan fingerprint density at radius 3 is 2.24 bits per heavy atom. The van der Waals surface area contributed by atoms with Crippen LogP contribution in [0.25, 0.3) is 0 Å². The summed E-state index contributed by atoms with van der Waals surface area (Å²) in [4.78, 5) is 40.4. The Morgan fingerprint density at radius 2 is 1.70 bits per heavy atom. The molecular weight excluding hydrogens is 424 g/mol. The fourth-order valence-electron chi connectivity index (χ4n) is 4.32. The van der Waals surface area contributed by atoms with Crippen molar-refractivity contribution in [2.45, 2.75) is 38.1 Å². The number of carbonyl (C=O) groups excluding carboxylic acids is 1. The molecule has 0 aliphatic carbocycles. The van der Waals surface area contributed by atoms with E-state index in [0.29, 0.717) is 16.9 Å². The molecule has 176 valence electrons. The summed E-state index contributed by atoms with van der Waals surface area (Å²) in [7, 11) is 1.53. The third kappa shape index (κ3) is 4.79. The monoisotopic (exact) mass is 454 g/mol. The minimum Gasteiger partial charge on any atom is -0.496 e. The summed E-state index contributed by atoms with van der Waals surface area (Å²) in [6.45, 7) is 5.78. The number of carboxylic acids is 1. The second kappa shape index (κ2) is 9.13. The Balaban J connectivity index is 2.07. The summed E-state index contributed by atoms with van der Waals surface area (Å²) in [6.07, 6.45) is -1.23. The van der Waals surface area contributed by atoms with Gasteiger partial charge in [-0.1, -0.05) is 57.2 Å². The van der Waals surface area contributed by atoms with Gasteiger partial charge in [-0.3, -0.25) is 4.79 Å². The van der Waals surface area contributed by atoms with E-state index in [4.69, 9.17) is 4.74 Å². The largest absolute Gasteiger partial charge is 0.496 e. The molecule has 2 amide bonds. The number of hydrogen-bond acceptors (Lipinski definition) is 4. The van der Waals surface area contributed by atoms with Crippen LogP contribution >= 0.6 is 0 Å². The van der Waals surface area contributed by atoms with Crippen LogP contribution in [0.3, 0.4) is 0 Å². The summed E-state index contributed by atoms with van der Waals surface area (Å²) in [5, 5.41) is 19.9. The SMILES string of the molecule is COc1cc(C(=O)N2CCN(C(=O)O)CC2(Cc2ccccc2)C(=O)O)ccc1C(C)(C)C. The Morgan fingerprint density at radius 1 is 1.03 bits per heavy atom. The number of aliphatic carboxylic acids is 1. The molecule has 3 rings (SSSR count). The molecule has 0 spiro atoms. The number of amides is 2. The zero-order valence-electron chi connectivity index (χ0n) is 19.4. The van der Waals surface area contributed by atoms with Crippen LogP contribution in [-0.2, 0) is 16.6 Å². The number of nitrogens with zero attached hydrogens (tertiary/aromatic N) is 2. The van der Waals surface area contributed by atoms with Crippen molar-refractivity contribution in [3.8, 4) is 5.75 Å². The second-order valence-corrected chi connectivity index (χ2v) is 9.33. The van der Waals surface area contributed by atoms with Gasteiger partial charge in [0, 0.05) is 25.1 Å². The molecular formula is C25H30N2O6. The fraction of sp³-hybridized carbons (Fsp3) is 0.400. The molecule has 8 nitrogen and oxygen atoms in total. The van der Waals surface area contributed by atoms with Crippen LogP contribution in [-0.4, -0.2) is 70.3 Å². The maximum atomic E-state index is 13.7. The normalized spacial score (nSPS) is 18.7. The maximum absolute atomic E-state index is 13.7. The first-order valence-electron chi connectivity index (χ1n) is 10.8. The molecule has 2 aromatic carbocycles. The molecule has 1 aliphatic rings. The number of hydrogen-bond donors (Lipinski definition) is 2. The topological polar surface area (TPSA) is 107 Å². The van der Waals surface area contributed by atoms with Gasteiger partial charge >= 0.3 is 12.1 Å². The van der Waals surface area contributed by atoms with Gasteiger partial charge in [0.25, 0.3) is 5.91 Å². The van der Waals surface area contributed by atoms with Crippen molar-refractivity contribution in [2.24, 2.45) is 0 Å². The standard InChI is InChI=1S/C25H30N2O6/c1-24(2,3)19-11-10-18(14-20(19)33-4)21(28)27-13-12-26(23(31)32)16-25(27,22(29)30)15-17-8-6-5-7-9-17/h5-11,14H,12-13,15-16H2,1-4H3,(H,29,30)(H,31,32). The minimum atomic E-state index is -1.75. The summed E-state index contributed by atoms with van der Waals surface area (Å²) in [5.41, 5.74) is -0.0395. The first-order chi connectivity index (χ1) is 15.5. The quantitative estimate of drug-likeness (QED) is 0.716.